The predicted octanol–water partition coefficient (Wildman–Crippen LogP) is 23.9. The number of para-hydroxylation sites is 5. The van der Waals surface area contributed by atoms with Crippen LogP contribution in [0.15, 0.2) is 307 Å². The molecule has 22 aromatic rings. The van der Waals surface area contributed by atoms with Crippen molar-refractivity contribution in [2.24, 2.45) is 0 Å². The lowest BCUT2D eigenvalue weighted by atomic mass is 9.98. The molecular formula is C87H47N5O5. The SMILES string of the molecule is c1ccc2c(c1)oc1cccc(-c3nc(-c4cccc5oc6ccc(-c7ccc8c(c7)c7ccccc7n8-c7cccc8oc9ccccc9c78)cc6c45)nc(-c4cccc5oc6ccc(-c7ccc8c(c7)c7ccccc7n8-c7cccc8oc9ccccc9c78)cc6c45)n3)c12. The first-order valence-electron chi connectivity index (χ1n) is 32.5. The van der Waals surface area contributed by atoms with Crippen molar-refractivity contribution in [3.63, 3.8) is 0 Å². The molecule has 97 heavy (non-hydrogen) atoms. The summed E-state index contributed by atoms with van der Waals surface area (Å²) in [5.41, 5.74) is 21.2. The lowest BCUT2D eigenvalue weighted by molar-refractivity contribution is 0.668. The van der Waals surface area contributed by atoms with E-state index in [1.54, 1.807) is 0 Å². The van der Waals surface area contributed by atoms with Crippen LogP contribution in [0.5, 0.6) is 0 Å². The van der Waals surface area contributed by atoms with Crippen LogP contribution in [-0.4, -0.2) is 24.1 Å². The molecule has 0 bridgehead atoms. The third kappa shape index (κ3) is 7.51. The fourth-order valence-electron chi connectivity index (χ4n) is 15.8. The monoisotopic (exact) mass is 1240 g/mol. The van der Waals surface area contributed by atoms with E-state index in [0.717, 1.165) is 204 Å². The summed E-state index contributed by atoms with van der Waals surface area (Å²) in [6.07, 6.45) is 0. The van der Waals surface area contributed by atoms with Crippen molar-refractivity contribution in [3.8, 4) is 67.8 Å². The van der Waals surface area contributed by atoms with E-state index in [-0.39, 0.29) is 0 Å². The Morgan fingerprint density at radius 3 is 0.876 bits per heavy atom. The lowest BCUT2D eigenvalue weighted by Crippen LogP contribution is -2.01. The second-order valence-electron chi connectivity index (χ2n) is 25.2. The summed E-state index contributed by atoms with van der Waals surface area (Å²) < 4.78 is 37.7. The Bertz CT molecular complexity index is 6800. The molecule has 8 aromatic heterocycles. The van der Waals surface area contributed by atoms with E-state index >= 15 is 0 Å². The van der Waals surface area contributed by atoms with Crippen molar-refractivity contribution in [1.82, 2.24) is 24.1 Å². The van der Waals surface area contributed by atoms with Gasteiger partial charge in [0.05, 0.1) is 44.2 Å². The molecule has 0 fully saturated rings. The van der Waals surface area contributed by atoms with Crippen LogP contribution in [0.3, 0.4) is 0 Å². The van der Waals surface area contributed by atoms with Gasteiger partial charge in [0.2, 0.25) is 0 Å². The minimum Gasteiger partial charge on any atom is -0.456 e. The predicted molar refractivity (Wildman–Crippen MR) is 392 cm³/mol. The maximum Gasteiger partial charge on any atom is 0.164 e. The number of fused-ring (bicyclic) bond motifs is 21. The molecule has 0 aliphatic heterocycles. The number of furan rings is 5. The minimum absolute atomic E-state index is 0.494. The zero-order valence-corrected chi connectivity index (χ0v) is 51.4. The van der Waals surface area contributed by atoms with E-state index in [1.165, 1.54) is 0 Å². The van der Waals surface area contributed by atoms with Gasteiger partial charge in [0.15, 0.2) is 17.5 Å². The van der Waals surface area contributed by atoms with Crippen LogP contribution in [0.4, 0.5) is 0 Å². The smallest absolute Gasteiger partial charge is 0.164 e. The molecule has 0 N–H and O–H groups in total. The van der Waals surface area contributed by atoms with Gasteiger partial charge in [0.1, 0.15) is 55.8 Å². The molecule has 0 spiro atoms. The van der Waals surface area contributed by atoms with E-state index < -0.39 is 0 Å². The Morgan fingerprint density at radius 2 is 0.474 bits per heavy atom. The summed E-state index contributed by atoms with van der Waals surface area (Å²) in [5.74, 6) is 1.49. The first kappa shape index (κ1) is 52.2. The molecule has 0 saturated heterocycles. The van der Waals surface area contributed by atoms with E-state index in [0.29, 0.717) is 17.5 Å². The van der Waals surface area contributed by atoms with Gasteiger partial charge in [-0.1, -0.05) is 164 Å². The maximum atomic E-state index is 6.79. The van der Waals surface area contributed by atoms with Gasteiger partial charge in [-0.2, -0.15) is 0 Å². The minimum atomic E-state index is 0.494. The van der Waals surface area contributed by atoms with Gasteiger partial charge in [-0.25, -0.2) is 15.0 Å². The molecule has 10 nitrogen and oxygen atoms in total. The average molecular weight is 1240 g/mol. The highest BCUT2D eigenvalue weighted by Gasteiger charge is 2.26. The normalized spacial score (nSPS) is 12.3. The lowest BCUT2D eigenvalue weighted by Gasteiger charge is -2.11. The van der Waals surface area contributed by atoms with Gasteiger partial charge < -0.3 is 31.2 Å². The largest absolute Gasteiger partial charge is 0.456 e. The Kier molecular flexibility index (Phi) is 10.6. The molecule has 22 rings (SSSR count). The first-order chi connectivity index (χ1) is 48.1. The number of nitrogens with zero attached hydrogens (tertiary/aromatic N) is 5. The van der Waals surface area contributed by atoms with Gasteiger partial charge >= 0.3 is 0 Å². The van der Waals surface area contributed by atoms with Gasteiger partial charge in [-0.05, 0) is 144 Å². The summed E-state index contributed by atoms with van der Waals surface area (Å²) in [7, 11) is 0. The van der Waals surface area contributed by atoms with Crippen LogP contribution in [0.2, 0.25) is 0 Å². The molecule has 14 aromatic carbocycles. The van der Waals surface area contributed by atoms with E-state index in [1.807, 2.05) is 78.9 Å². The highest BCUT2D eigenvalue weighted by molar-refractivity contribution is 6.20. The second kappa shape index (κ2) is 19.6. The van der Waals surface area contributed by atoms with Crippen molar-refractivity contribution >= 4 is 153 Å². The highest BCUT2D eigenvalue weighted by Crippen LogP contribution is 2.47. The summed E-state index contributed by atoms with van der Waals surface area (Å²) in [6, 6.07) is 99.7. The van der Waals surface area contributed by atoms with Crippen molar-refractivity contribution in [1.29, 1.82) is 0 Å². The van der Waals surface area contributed by atoms with Crippen molar-refractivity contribution in [2.75, 3.05) is 0 Å². The number of benzene rings is 14. The number of aromatic nitrogens is 5. The van der Waals surface area contributed by atoms with Crippen LogP contribution in [-0.2, 0) is 0 Å². The van der Waals surface area contributed by atoms with E-state index in [2.05, 4.69) is 215 Å². The third-order valence-electron chi connectivity index (χ3n) is 20.0. The molecule has 0 atom stereocenters. The van der Waals surface area contributed by atoms with Gasteiger partial charge in [-0.15, -0.1) is 0 Å². The Hall–Kier alpha value is -13.3. The van der Waals surface area contributed by atoms with Crippen molar-refractivity contribution < 1.29 is 22.1 Å². The fraction of sp³-hybridized carbons (Fsp3) is 0. The van der Waals surface area contributed by atoms with Crippen LogP contribution >= 0.6 is 0 Å². The van der Waals surface area contributed by atoms with E-state index in [4.69, 9.17) is 37.0 Å². The zero-order chi connectivity index (χ0) is 63.1. The Balaban J connectivity index is 0.714. The van der Waals surface area contributed by atoms with Crippen LogP contribution in [0.1, 0.15) is 0 Å². The van der Waals surface area contributed by atoms with Gasteiger partial charge in [-0.3, -0.25) is 0 Å². The summed E-state index contributed by atoms with van der Waals surface area (Å²) in [4.78, 5) is 16.6. The van der Waals surface area contributed by atoms with E-state index in [9.17, 15) is 0 Å². The third-order valence-corrected chi connectivity index (χ3v) is 20.0. The summed E-state index contributed by atoms with van der Waals surface area (Å²) in [6.45, 7) is 0. The Labute approximate surface area is 549 Å². The highest BCUT2D eigenvalue weighted by atomic mass is 16.3. The number of hydrogen-bond donors (Lipinski definition) is 0. The topological polar surface area (TPSA) is 114 Å². The molecule has 0 saturated carbocycles. The molecule has 8 heterocycles. The molecule has 0 radical (unpaired) electrons. The van der Waals surface area contributed by atoms with Crippen molar-refractivity contribution in [3.05, 3.63) is 285 Å². The van der Waals surface area contributed by atoms with Crippen LogP contribution in [0.25, 0.3) is 221 Å². The summed E-state index contributed by atoms with van der Waals surface area (Å²) in [5, 5.41) is 14.5. The van der Waals surface area contributed by atoms with Crippen molar-refractivity contribution in [2.45, 2.75) is 0 Å². The zero-order valence-electron chi connectivity index (χ0n) is 51.4. The fourth-order valence-corrected chi connectivity index (χ4v) is 15.8. The first-order valence-corrected chi connectivity index (χ1v) is 32.5. The number of hydrogen-bond acceptors (Lipinski definition) is 8. The molecule has 10 heteroatoms. The molecular weight excluding hydrogens is 1190 g/mol. The molecule has 450 valence electrons. The maximum absolute atomic E-state index is 6.79. The van der Waals surface area contributed by atoms with Gasteiger partial charge in [0, 0.05) is 81.3 Å². The average Bonchev–Trinajstić information content (AvgIpc) is 1.59. The molecule has 0 amide bonds. The Morgan fingerprint density at radius 1 is 0.196 bits per heavy atom. The van der Waals surface area contributed by atoms with Gasteiger partial charge in [0.25, 0.3) is 0 Å². The summed E-state index contributed by atoms with van der Waals surface area (Å²) >= 11 is 0. The van der Waals surface area contributed by atoms with Crippen LogP contribution in [0, 0.1) is 0 Å². The molecule has 0 aliphatic rings. The standard InChI is InChI=1S/C87H47N5O5/c1-6-24-64-52(16-1)60-44-48(36-40-66(60)91(64)68-26-14-34-78-83(68)55-19-4-9-29-71(55)94-78)50-38-42-73-62(46-50)81-58(22-12-32-76(81)96-73)86-88-85(57-21-11-31-75-80(57)54-18-3-8-28-70(54)93-75)89-87(90-86)59-23-13-33-77-82(59)63-47-51(39-43-74(63)97-77)49-37-41-67-61(45-49)53-17-2-7-25-65(53)92(67)69-27-15-35-79-84(69)56-20-5-10-30-72(56)95-79/h1-47H. The van der Waals surface area contributed by atoms with Crippen LogP contribution < -0.4 is 0 Å². The quantitative estimate of drug-likeness (QED) is 0.155. The molecule has 0 unspecified atom stereocenters. The number of rotatable bonds is 7. The second-order valence-corrected chi connectivity index (χ2v) is 25.2. The molecule has 0 aliphatic carbocycles.